The lowest BCUT2D eigenvalue weighted by Crippen LogP contribution is -2.11. The van der Waals surface area contributed by atoms with Gasteiger partial charge in [0.15, 0.2) is 0 Å². The molecule has 1 aromatic heterocycles. The number of fused-ring (bicyclic) bond motifs is 4. The molecule has 0 spiro atoms. The van der Waals surface area contributed by atoms with Gasteiger partial charge in [-0.3, -0.25) is 4.79 Å². The van der Waals surface area contributed by atoms with Crippen LogP contribution >= 0.6 is 0 Å². The monoisotopic (exact) mass is 434 g/mol. The molecule has 166 valence electrons. The van der Waals surface area contributed by atoms with Crippen molar-refractivity contribution in [1.82, 2.24) is 4.57 Å². The molecule has 0 unspecified atom stereocenters. The summed E-state index contributed by atoms with van der Waals surface area (Å²) in [6, 6.07) is 25.8. The Morgan fingerprint density at radius 3 is 2.45 bits per heavy atom. The Hall–Kier alpha value is -3.59. The zero-order valence-electron chi connectivity index (χ0n) is 19.4. The summed E-state index contributed by atoms with van der Waals surface area (Å²) in [6.07, 6.45) is 4.72. The maximum absolute atomic E-state index is 12.3. The van der Waals surface area contributed by atoms with Gasteiger partial charge in [-0.25, -0.2) is 0 Å². The van der Waals surface area contributed by atoms with E-state index in [-0.39, 0.29) is 5.91 Å². The fourth-order valence-electron chi connectivity index (χ4n) is 5.00. The molecule has 3 heteroatoms. The summed E-state index contributed by atoms with van der Waals surface area (Å²) >= 11 is 0. The van der Waals surface area contributed by atoms with Crippen LogP contribution in [0, 0.1) is 6.92 Å². The number of nitrogens with zero attached hydrogens (tertiary/aromatic N) is 1. The molecule has 0 bridgehead atoms. The number of hydrogen-bond donors (Lipinski definition) is 1. The van der Waals surface area contributed by atoms with Crippen LogP contribution in [0.4, 0.5) is 0 Å². The van der Waals surface area contributed by atoms with Crippen LogP contribution in [0.3, 0.4) is 0 Å². The molecule has 0 saturated heterocycles. The number of aromatic nitrogens is 1. The minimum atomic E-state index is -0.382. The van der Waals surface area contributed by atoms with E-state index in [9.17, 15) is 4.79 Å². The number of primary amides is 1. The lowest BCUT2D eigenvalue weighted by Gasteiger charge is -2.10. The SMILES string of the molecule is CCCCCc1ccc2c3c(C(N)=O)cccc3n(Cc3ccc4cc(C)ccc4c3)c2c1. The molecule has 1 heterocycles. The largest absolute Gasteiger partial charge is 0.366 e. The topological polar surface area (TPSA) is 48.0 Å². The highest BCUT2D eigenvalue weighted by molar-refractivity contribution is 6.18. The lowest BCUT2D eigenvalue weighted by atomic mass is 10.0. The first-order chi connectivity index (χ1) is 16.0. The van der Waals surface area contributed by atoms with Gasteiger partial charge in [-0.1, -0.05) is 73.9 Å². The van der Waals surface area contributed by atoms with E-state index in [0.717, 1.165) is 34.8 Å². The second-order valence-corrected chi connectivity index (χ2v) is 9.14. The zero-order chi connectivity index (χ0) is 22.9. The van der Waals surface area contributed by atoms with Gasteiger partial charge in [0.05, 0.1) is 5.52 Å². The van der Waals surface area contributed by atoms with Crippen molar-refractivity contribution in [1.29, 1.82) is 0 Å². The van der Waals surface area contributed by atoms with E-state index in [1.807, 2.05) is 12.1 Å². The Kier molecular flexibility index (Phi) is 5.63. The molecule has 2 N–H and O–H groups in total. The number of carbonyl (C=O) groups excluding carboxylic acids is 1. The van der Waals surface area contributed by atoms with E-state index in [0.29, 0.717) is 5.56 Å². The molecule has 4 aromatic carbocycles. The van der Waals surface area contributed by atoms with Crippen LogP contribution in [0.25, 0.3) is 32.6 Å². The van der Waals surface area contributed by atoms with E-state index in [4.69, 9.17) is 5.73 Å². The predicted molar refractivity (Wildman–Crippen MR) is 139 cm³/mol. The van der Waals surface area contributed by atoms with Crippen LogP contribution in [0.1, 0.15) is 53.2 Å². The van der Waals surface area contributed by atoms with Crippen molar-refractivity contribution >= 4 is 38.5 Å². The van der Waals surface area contributed by atoms with E-state index >= 15 is 0 Å². The van der Waals surface area contributed by atoms with Gasteiger partial charge in [0.1, 0.15) is 0 Å². The fourth-order valence-corrected chi connectivity index (χ4v) is 5.00. The molecule has 0 aliphatic heterocycles. The van der Waals surface area contributed by atoms with Gasteiger partial charge in [0, 0.05) is 28.4 Å². The summed E-state index contributed by atoms with van der Waals surface area (Å²) in [5, 5.41) is 4.55. The zero-order valence-corrected chi connectivity index (χ0v) is 19.4. The van der Waals surface area contributed by atoms with Crippen molar-refractivity contribution in [3.63, 3.8) is 0 Å². The lowest BCUT2D eigenvalue weighted by molar-refractivity contribution is 0.100. The summed E-state index contributed by atoms with van der Waals surface area (Å²) in [4.78, 5) is 12.3. The molecule has 0 aliphatic rings. The molecule has 5 rings (SSSR count). The molecule has 5 aromatic rings. The summed E-state index contributed by atoms with van der Waals surface area (Å²) in [7, 11) is 0. The maximum atomic E-state index is 12.3. The quantitative estimate of drug-likeness (QED) is 0.272. The van der Waals surface area contributed by atoms with Crippen LogP contribution in [0.2, 0.25) is 0 Å². The highest BCUT2D eigenvalue weighted by atomic mass is 16.1. The minimum absolute atomic E-state index is 0.382. The Labute approximate surface area is 194 Å². The summed E-state index contributed by atoms with van der Waals surface area (Å²) in [5.41, 5.74) is 12.4. The number of unbranched alkanes of at least 4 members (excludes halogenated alkanes) is 2. The van der Waals surface area contributed by atoms with Gasteiger partial charge in [-0.2, -0.15) is 0 Å². The van der Waals surface area contributed by atoms with E-state index < -0.39 is 0 Å². The summed E-state index contributed by atoms with van der Waals surface area (Å²) in [5.74, 6) is -0.382. The third kappa shape index (κ3) is 4.00. The standard InChI is InChI=1S/C30H30N2O/c1-3-4-5-7-21-12-15-25-28(18-21)32(27-9-6-8-26(29(25)27)30(31)33)19-22-11-14-23-16-20(2)10-13-24(23)17-22/h6,8-18H,3-5,7,19H2,1-2H3,(H2,31,33). The Morgan fingerprint density at radius 1 is 0.848 bits per heavy atom. The van der Waals surface area contributed by atoms with E-state index in [1.54, 1.807) is 0 Å². The molecular formula is C30H30N2O. The van der Waals surface area contributed by atoms with Gasteiger partial charge in [0.2, 0.25) is 5.91 Å². The van der Waals surface area contributed by atoms with Gasteiger partial charge in [0.25, 0.3) is 0 Å². The predicted octanol–water partition coefficient (Wildman–Crippen LogP) is 7.14. The highest BCUT2D eigenvalue weighted by Gasteiger charge is 2.17. The van der Waals surface area contributed by atoms with E-state index in [1.165, 1.54) is 46.7 Å². The number of rotatable bonds is 7. The van der Waals surface area contributed by atoms with Gasteiger partial charge in [-0.15, -0.1) is 0 Å². The van der Waals surface area contributed by atoms with Crippen LogP contribution < -0.4 is 5.73 Å². The number of nitrogens with two attached hydrogens (primary N) is 1. The molecular weight excluding hydrogens is 404 g/mol. The number of benzene rings is 4. The second kappa shape index (κ2) is 8.74. The van der Waals surface area contributed by atoms with Gasteiger partial charge < -0.3 is 10.3 Å². The van der Waals surface area contributed by atoms with Crippen LogP contribution in [-0.2, 0) is 13.0 Å². The van der Waals surface area contributed by atoms with Crippen molar-refractivity contribution in [3.8, 4) is 0 Å². The Bertz CT molecular complexity index is 1490. The third-order valence-electron chi connectivity index (χ3n) is 6.69. The molecule has 0 fully saturated rings. The molecule has 0 aliphatic carbocycles. The van der Waals surface area contributed by atoms with Gasteiger partial charge >= 0.3 is 0 Å². The number of hydrogen-bond acceptors (Lipinski definition) is 1. The van der Waals surface area contributed by atoms with Crippen molar-refractivity contribution in [2.75, 3.05) is 0 Å². The fraction of sp³-hybridized carbons (Fsp3) is 0.233. The average Bonchev–Trinajstić information content (AvgIpc) is 3.12. The second-order valence-electron chi connectivity index (χ2n) is 9.14. The number of amides is 1. The third-order valence-corrected chi connectivity index (χ3v) is 6.69. The van der Waals surface area contributed by atoms with Crippen molar-refractivity contribution in [3.05, 3.63) is 95.1 Å². The minimum Gasteiger partial charge on any atom is -0.366 e. The van der Waals surface area contributed by atoms with Gasteiger partial charge in [-0.05, 0) is 65.9 Å². The summed E-state index contributed by atoms with van der Waals surface area (Å²) < 4.78 is 2.34. The normalized spacial score (nSPS) is 11.6. The van der Waals surface area contributed by atoms with Crippen LogP contribution in [0.5, 0.6) is 0 Å². The van der Waals surface area contributed by atoms with Crippen molar-refractivity contribution < 1.29 is 4.79 Å². The van der Waals surface area contributed by atoms with Crippen LogP contribution in [-0.4, -0.2) is 10.5 Å². The number of aryl methyl sites for hydroxylation is 2. The molecule has 33 heavy (non-hydrogen) atoms. The highest BCUT2D eigenvalue weighted by Crippen LogP contribution is 2.33. The first-order valence-corrected chi connectivity index (χ1v) is 11.9. The molecule has 3 nitrogen and oxygen atoms in total. The number of carbonyl (C=O) groups is 1. The summed E-state index contributed by atoms with van der Waals surface area (Å²) in [6.45, 7) is 5.10. The van der Waals surface area contributed by atoms with E-state index in [2.05, 4.69) is 79.1 Å². The Morgan fingerprint density at radius 2 is 1.64 bits per heavy atom. The van der Waals surface area contributed by atoms with Crippen molar-refractivity contribution in [2.45, 2.75) is 46.1 Å². The maximum Gasteiger partial charge on any atom is 0.249 e. The molecule has 0 atom stereocenters. The van der Waals surface area contributed by atoms with Crippen molar-refractivity contribution in [2.24, 2.45) is 5.73 Å². The molecule has 0 saturated carbocycles. The van der Waals surface area contributed by atoms with Crippen LogP contribution in [0.15, 0.2) is 72.8 Å². The first-order valence-electron chi connectivity index (χ1n) is 11.9. The molecule has 0 radical (unpaired) electrons. The average molecular weight is 435 g/mol. The molecule has 1 amide bonds. The smallest absolute Gasteiger partial charge is 0.249 e. The Balaban J connectivity index is 1.68. The first kappa shape index (κ1) is 21.3.